The number of hydrogen-bond donors (Lipinski definition) is 1. The fourth-order valence-electron chi connectivity index (χ4n) is 2.13. The van der Waals surface area contributed by atoms with Crippen LogP contribution in [0.4, 0.5) is 4.39 Å². The SMILES string of the molecule is O=C(c1cccc(F)c1Br)c1c[nH]c2c(Cl)cccc12. The van der Waals surface area contributed by atoms with E-state index >= 15 is 0 Å². The van der Waals surface area contributed by atoms with Crippen molar-refractivity contribution in [2.24, 2.45) is 0 Å². The summed E-state index contributed by atoms with van der Waals surface area (Å²) < 4.78 is 13.7. The number of H-pyrrole nitrogens is 1. The molecule has 3 aromatic rings. The number of rotatable bonds is 2. The van der Waals surface area contributed by atoms with E-state index in [1.54, 1.807) is 30.5 Å². The van der Waals surface area contributed by atoms with Crippen LogP contribution in [0.3, 0.4) is 0 Å². The predicted molar refractivity (Wildman–Crippen MR) is 80.8 cm³/mol. The highest BCUT2D eigenvalue weighted by Gasteiger charge is 2.18. The van der Waals surface area contributed by atoms with Crippen molar-refractivity contribution in [1.82, 2.24) is 4.98 Å². The highest BCUT2D eigenvalue weighted by atomic mass is 79.9. The topological polar surface area (TPSA) is 32.9 Å². The van der Waals surface area contributed by atoms with E-state index < -0.39 is 5.82 Å². The number of nitrogens with one attached hydrogen (secondary N) is 1. The summed E-state index contributed by atoms with van der Waals surface area (Å²) in [4.78, 5) is 15.5. The van der Waals surface area contributed by atoms with E-state index in [-0.39, 0.29) is 15.8 Å². The molecule has 0 unspecified atom stereocenters. The number of benzene rings is 2. The largest absolute Gasteiger partial charge is 0.359 e. The minimum absolute atomic E-state index is 0.168. The summed E-state index contributed by atoms with van der Waals surface area (Å²) in [5, 5.41) is 1.26. The number of ketones is 1. The molecule has 1 aromatic heterocycles. The molecule has 0 atom stereocenters. The Bertz CT molecular complexity index is 828. The zero-order chi connectivity index (χ0) is 14.3. The molecule has 3 rings (SSSR count). The molecule has 0 saturated heterocycles. The molecule has 0 aliphatic heterocycles. The van der Waals surface area contributed by atoms with Crippen molar-refractivity contribution in [3.05, 3.63) is 69.0 Å². The van der Waals surface area contributed by atoms with Crippen LogP contribution in [-0.4, -0.2) is 10.8 Å². The number of halogens is 3. The lowest BCUT2D eigenvalue weighted by Crippen LogP contribution is -2.02. The van der Waals surface area contributed by atoms with Gasteiger partial charge < -0.3 is 4.98 Å². The van der Waals surface area contributed by atoms with Gasteiger partial charge in [-0.15, -0.1) is 0 Å². The van der Waals surface area contributed by atoms with E-state index in [1.807, 2.05) is 0 Å². The smallest absolute Gasteiger partial charge is 0.196 e. The Hall–Kier alpha value is -1.65. The molecule has 0 fully saturated rings. The van der Waals surface area contributed by atoms with Gasteiger partial charge in [-0.05, 0) is 34.1 Å². The Morgan fingerprint density at radius 2 is 1.90 bits per heavy atom. The van der Waals surface area contributed by atoms with Crippen molar-refractivity contribution in [2.75, 3.05) is 0 Å². The van der Waals surface area contributed by atoms with Gasteiger partial charge in [-0.1, -0.05) is 29.8 Å². The van der Waals surface area contributed by atoms with Gasteiger partial charge in [0.1, 0.15) is 5.82 Å². The average Bonchev–Trinajstić information content (AvgIpc) is 2.86. The number of para-hydroxylation sites is 1. The van der Waals surface area contributed by atoms with Gasteiger partial charge in [0, 0.05) is 22.7 Å². The minimum Gasteiger partial charge on any atom is -0.359 e. The first-order chi connectivity index (χ1) is 9.59. The maximum atomic E-state index is 13.5. The Balaban J connectivity index is 2.18. The molecule has 100 valence electrons. The Morgan fingerprint density at radius 3 is 2.70 bits per heavy atom. The highest BCUT2D eigenvalue weighted by Crippen LogP contribution is 2.29. The molecule has 0 radical (unpaired) electrons. The summed E-state index contributed by atoms with van der Waals surface area (Å²) in [6, 6.07) is 9.71. The van der Waals surface area contributed by atoms with Gasteiger partial charge in [-0.3, -0.25) is 4.79 Å². The van der Waals surface area contributed by atoms with Crippen molar-refractivity contribution in [1.29, 1.82) is 0 Å². The Labute approximate surface area is 127 Å². The first-order valence-electron chi connectivity index (χ1n) is 5.84. The number of carbonyl (C=O) groups is 1. The number of aromatic amines is 1. The molecule has 2 nitrogen and oxygen atoms in total. The van der Waals surface area contributed by atoms with Crippen molar-refractivity contribution < 1.29 is 9.18 Å². The van der Waals surface area contributed by atoms with Crippen LogP contribution < -0.4 is 0 Å². The van der Waals surface area contributed by atoms with E-state index in [2.05, 4.69) is 20.9 Å². The molecule has 0 amide bonds. The van der Waals surface area contributed by atoms with Gasteiger partial charge in [-0.25, -0.2) is 4.39 Å². The highest BCUT2D eigenvalue weighted by molar-refractivity contribution is 9.10. The van der Waals surface area contributed by atoms with Crippen molar-refractivity contribution >= 4 is 44.2 Å². The molecule has 5 heteroatoms. The van der Waals surface area contributed by atoms with Crippen LogP contribution in [0.25, 0.3) is 10.9 Å². The maximum Gasteiger partial charge on any atom is 0.196 e. The molecule has 0 aliphatic rings. The summed E-state index contributed by atoms with van der Waals surface area (Å²) in [5.41, 5.74) is 1.45. The third-order valence-corrected chi connectivity index (χ3v) is 4.23. The van der Waals surface area contributed by atoms with Crippen LogP contribution in [0.5, 0.6) is 0 Å². The lowest BCUT2D eigenvalue weighted by atomic mass is 10.0. The van der Waals surface area contributed by atoms with E-state index in [0.29, 0.717) is 16.1 Å². The fourth-order valence-corrected chi connectivity index (χ4v) is 2.80. The van der Waals surface area contributed by atoms with Gasteiger partial charge in [0.2, 0.25) is 0 Å². The lowest BCUT2D eigenvalue weighted by molar-refractivity contribution is 0.103. The molecular weight excluding hydrogens is 345 g/mol. The standard InChI is InChI=1S/C15H8BrClFNO/c16-13-9(4-2-6-12(13)18)15(20)10-7-19-14-8(10)3-1-5-11(14)17/h1-7,19H. The Morgan fingerprint density at radius 1 is 1.15 bits per heavy atom. The zero-order valence-electron chi connectivity index (χ0n) is 10.1. The van der Waals surface area contributed by atoms with Crippen LogP contribution in [0, 0.1) is 5.82 Å². The average molecular weight is 353 g/mol. The quantitative estimate of drug-likeness (QED) is 0.650. The summed E-state index contributed by atoms with van der Waals surface area (Å²) in [5.74, 6) is -0.724. The molecule has 1 heterocycles. The normalized spacial score (nSPS) is 10.9. The van der Waals surface area contributed by atoms with Gasteiger partial charge in [0.15, 0.2) is 5.78 Å². The van der Waals surface area contributed by atoms with Gasteiger partial charge in [0.05, 0.1) is 15.0 Å². The van der Waals surface area contributed by atoms with Crippen LogP contribution in [0.2, 0.25) is 5.02 Å². The molecule has 2 aromatic carbocycles. The predicted octanol–water partition coefficient (Wildman–Crippen LogP) is 4.95. The summed E-state index contributed by atoms with van der Waals surface area (Å²) in [7, 11) is 0. The molecule has 1 N–H and O–H groups in total. The van der Waals surface area contributed by atoms with Crippen molar-refractivity contribution in [3.63, 3.8) is 0 Å². The van der Waals surface area contributed by atoms with Crippen LogP contribution in [0.15, 0.2) is 47.1 Å². The fraction of sp³-hybridized carbons (Fsp3) is 0. The number of aromatic nitrogens is 1. The Kier molecular flexibility index (Phi) is 3.36. The van der Waals surface area contributed by atoms with Crippen LogP contribution in [0.1, 0.15) is 15.9 Å². The number of fused-ring (bicyclic) bond motifs is 1. The summed E-state index contributed by atoms with van der Waals surface area (Å²) in [6.45, 7) is 0. The maximum absolute atomic E-state index is 13.5. The molecular formula is C15H8BrClFNO. The number of hydrogen-bond acceptors (Lipinski definition) is 1. The van der Waals surface area contributed by atoms with E-state index in [9.17, 15) is 9.18 Å². The molecule has 0 saturated carbocycles. The third kappa shape index (κ3) is 2.05. The number of carbonyl (C=O) groups excluding carboxylic acids is 1. The van der Waals surface area contributed by atoms with E-state index in [0.717, 1.165) is 5.39 Å². The lowest BCUT2D eigenvalue weighted by Gasteiger charge is -2.04. The molecule has 0 bridgehead atoms. The monoisotopic (exact) mass is 351 g/mol. The van der Waals surface area contributed by atoms with Crippen molar-refractivity contribution in [3.8, 4) is 0 Å². The second-order valence-corrected chi connectivity index (χ2v) is 5.50. The second-order valence-electron chi connectivity index (χ2n) is 4.30. The van der Waals surface area contributed by atoms with Crippen LogP contribution in [-0.2, 0) is 0 Å². The summed E-state index contributed by atoms with van der Waals surface area (Å²) >= 11 is 9.18. The first kappa shape index (κ1) is 13.3. The third-order valence-electron chi connectivity index (χ3n) is 3.11. The van der Waals surface area contributed by atoms with Crippen LogP contribution >= 0.6 is 27.5 Å². The van der Waals surface area contributed by atoms with Crippen molar-refractivity contribution in [2.45, 2.75) is 0 Å². The first-order valence-corrected chi connectivity index (χ1v) is 7.01. The van der Waals surface area contributed by atoms with Gasteiger partial charge >= 0.3 is 0 Å². The second kappa shape index (κ2) is 5.04. The van der Waals surface area contributed by atoms with E-state index in [1.165, 1.54) is 12.1 Å². The van der Waals surface area contributed by atoms with Gasteiger partial charge in [0.25, 0.3) is 0 Å². The zero-order valence-corrected chi connectivity index (χ0v) is 12.4. The molecule has 0 spiro atoms. The molecule has 20 heavy (non-hydrogen) atoms. The van der Waals surface area contributed by atoms with E-state index in [4.69, 9.17) is 11.6 Å². The minimum atomic E-state index is -0.464. The molecule has 0 aliphatic carbocycles. The van der Waals surface area contributed by atoms with Gasteiger partial charge in [-0.2, -0.15) is 0 Å². The summed E-state index contributed by atoms with van der Waals surface area (Å²) in [6.07, 6.45) is 1.59.